The molecular weight excluding hydrogens is 1560 g/mol. The summed E-state index contributed by atoms with van der Waals surface area (Å²) < 4.78 is 0. The van der Waals surface area contributed by atoms with Crippen LogP contribution in [0.15, 0.2) is 34.9 Å². The number of carbonyl (C=O) groups is 3. The molecule has 10 nitrogen and oxygen atoms in total. The lowest BCUT2D eigenvalue weighted by atomic mass is 9.44. The third kappa shape index (κ3) is 15.5. The molecule has 123 heavy (non-hydrogen) atoms. The van der Waals surface area contributed by atoms with Gasteiger partial charge in [0, 0.05) is 44.9 Å². The minimum Gasteiger partial charge on any atom is -0.396 e. The van der Waals surface area contributed by atoms with Gasteiger partial charge in [-0.2, -0.15) is 0 Å². The highest BCUT2D eigenvalue weighted by Gasteiger charge is 2.70. The molecular formula is C111H178Cl2O10. The van der Waals surface area contributed by atoms with Crippen LogP contribution >= 0.6 is 23.2 Å². The van der Waals surface area contributed by atoms with Crippen LogP contribution < -0.4 is 0 Å². The lowest BCUT2D eigenvalue weighted by Crippen LogP contribution is -2.55. The van der Waals surface area contributed by atoms with Gasteiger partial charge in [0.05, 0.1) is 17.6 Å². The molecule has 0 bridgehead atoms. The molecule has 20 aliphatic rings. The Morgan fingerprint density at radius 3 is 0.992 bits per heavy atom. The lowest BCUT2D eigenvalue weighted by molar-refractivity contribution is -0.138. The summed E-state index contributed by atoms with van der Waals surface area (Å²) in [6.45, 7) is 36.1. The summed E-state index contributed by atoms with van der Waals surface area (Å²) in [4.78, 5) is 36.6. The van der Waals surface area contributed by atoms with Gasteiger partial charge in [-0.1, -0.05) is 104 Å². The van der Waals surface area contributed by atoms with Crippen molar-refractivity contribution in [2.45, 2.75) is 391 Å². The highest BCUT2D eigenvalue weighted by atomic mass is 35.5. The Morgan fingerprint density at radius 1 is 0.333 bits per heavy atom. The normalized spacial score (nSPS) is 52.1. The lowest BCUT2D eigenvalue weighted by Gasteiger charge is -2.61. The number of allylic oxidation sites excluding steroid dienone is 6. The van der Waals surface area contributed by atoms with Gasteiger partial charge in [0.15, 0.2) is 0 Å². The predicted octanol–water partition coefficient (Wildman–Crippen LogP) is 24.7. The van der Waals surface area contributed by atoms with E-state index in [-0.39, 0.29) is 34.2 Å². The summed E-state index contributed by atoms with van der Waals surface area (Å²) in [7, 11) is 0. The minimum atomic E-state index is -0.619. The van der Waals surface area contributed by atoms with Crippen molar-refractivity contribution in [1.29, 1.82) is 0 Å². The van der Waals surface area contributed by atoms with Crippen molar-refractivity contribution in [2.24, 2.45) is 213 Å². The molecule has 17 saturated carbocycles. The number of halogens is 2. The quantitative estimate of drug-likeness (QED) is 0.0773. The van der Waals surface area contributed by atoms with Gasteiger partial charge in [0.25, 0.3) is 0 Å². The van der Waals surface area contributed by atoms with Crippen molar-refractivity contribution >= 4 is 40.6 Å². The van der Waals surface area contributed by atoms with Gasteiger partial charge in [0.1, 0.15) is 22.2 Å². The highest BCUT2D eigenvalue weighted by Crippen LogP contribution is 2.76. The maximum atomic E-state index is 12.8. The molecule has 17 fully saturated rings. The predicted molar refractivity (Wildman–Crippen MR) is 499 cm³/mol. The second-order valence-electron chi connectivity index (χ2n) is 50.9. The molecule has 0 saturated heterocycles. The van der Waals surface area contributed by atoms with Crippen LogP contribution in [0.5, 0.6) is 0 Å². The van der Waals surface area contributed by atoms with Crippen LogP contribution in [0.4, 0.5) is 0 Å². The summed E-state index contributed by atoms with van der Waals surface area (Å²) in [6, 6.07) is 0. The third-order valence-corrected chi connectivity index (χ3v) is 47.8. The minimum absolute atomic E-state index is 0.0851. The Balaban J connectivity index is 0.000000114. The molecule has 0 amide bonds. The Labute approximate surface area is 757 Å². The van der Waals surface area contributed by atoms with Gasteiger partial charge >= 0.3 is 0 Å². The molecule has 0 aliphatic heterocycles. The van der Waals surface area contributed by atoms with Gasteiger partial charge in [0.2, 0.25) is 0 Å². The first kappa shape index (κ1) is 94.7. The molecule has 20 rings (SSSR count). The topological polar surface area (TPSA) is 193 Å². The van der Waals surface area contributed by atoms with E-state index in [2.05, 4.69) is 87.5 Å². The number of ketones is 3. The summed E-state index contributed by atoms with van der Waals surface area (Å²) in [6.07, 6.45) is 59.4. The van der Waals surface area contributed by atoms with Gasteiger partial charge < -0.3 is 35.7 Å². The summed E-state index contributed by atoms with van der Waals surface area (Å²) in [5.74, 6) is 18.8. The van der Waals surface area contributed by atoms with Crippen molar-refractivity contribution in [3.05, 3.63) is 34.9 Å². The van der Waals surface area contributed by atoms with Crippen LogP contribution in [-0.4, -0.2) is 103 Å². The second kappa shape index (κ2) is 35.7. The van der Waals surface area contributed by atoms with Crippen molar-refractivity contribution in [2.75, 3.05) is 33.0 Å². The molecule has 20 aliphatic carbocycles. The number of carbonyl (C=O) groups excluding carboxylic acids is 3. The molecule has 7 N–H and O–H groups in total. The van der Waals surface area contributed by atoms with Crippen LogP contribution in [-0.2, 0) is 14.4 Å². The monoisotopic (exact) mass is 1740 g/mol. The van der Waals surface area contributed by atoms with E-state index in [0.29, 0.717) is 154 Å². The standard InChI is InChI=1S/C23H34Cl2O2.C22H38O2.2C22H36O2.C22H34O2/c1-14(27)23(20(24)25)11-8-19-17-5-4-16-12-15(13-26)6-9-21(16,2)18(17)7-10-22(19,23)3;4*1-14(24)18-6-7-19-17-5-4-16-12-15(13-23)8-10-21(16,2)20(17)9-11-22(18,19)3/h4,15,17-20,26H,5-13H2,1-3H3;14-20,23-24H,4-13H2,1-3H3;15-20,23H,4-13H2,1-3H3;4,14-15,17-20,23-24H,5-13H2,1-3H3;4,15,17-20,23H,5-13H2,1-3H3. The summed E-state index contributed by atoms with van der Waals surface area (Å²) in [5.41, 5.74) is 7.62. The number of Topliss-reactive ketones (excluding diaryl/α,β-unsaturated/α-hetero) is 3. The van der Waals surface area contributed by atoms with Crippen LogP contribution in [0.2, 0.25) is 0 Å². The van der Waals surface area contributed by atoms with Gasteiger partial charge in [-0.15, -0.1) is 23.2 Å². The number of fused-ring (bicyclic) bond motifs is 25. The van der Waals surface area contributed by atoms with E-state index in [9.17, 15) is 50.1 Å². The van der Waals surface area contributed by atoms with E-state index in [0.717, 1.165) is 147 Å². The van der Waals surface area contributed by atoms with E-state index in [4.69, 9.17) is 23.2 Å². The first-order valence-electron chi connectivity index (χ1n) is 52.6. The van der Waals surface area contributed by atoms with Crippen LogP contribution in [0, 0.1) is 213 Å². The number of aliphatic hydroxyl groups is 7. The van der Waals surface area contributed by atoms with E-state index in [1.165, 1.54) is 205 Å². The van der Waals surface area contributed by atoms with E-state index in [1.54, 1.807) is 23.6 Å². The fraction of sp³-hybridized carbons (Fsp3) is 0.919. The SMILES string of the molecule is CC(=O)C1(C(Cl)Cl)CCC2C3CC=C4CC(CO)CCC4(C)C3CCC21C.CC(=O)C1CCC2C3CC=C4CC(CO)CCC4(C)C3CCC12C.CC(=O)C1CCC2C3CCC4CC(CO)CCC4(C)C3CCC12C.CC(O)C1CCC2C3CC=C4CC(CO)CCC4(C)C3CCC12C.CC(O)C1CCC2C3CCC4CC(CO)CCC4(C)C3CCC12C. The van der Waals surface area contributed by atoms with Crippen molar-refractivity contribution in [3.8, 4) is 0 Å². The van der Waals surface area contributed by atoms with Gasteiger partial charge in [-0.05, 0) is 500 Å². The molecule has 39 atom stereocenters. The first-order chi connectivity index (χ1) is 58.3. The maximum Gasteiger partial charge on any atom is 0.139 e. The third-order valence-electron chi connectivity index (χ3n) is 47.0. The molecule has 696 valence electrons. The number of hydrogen-bond acceptors (Lipinski definition) is 10. The van der Waals surface area contributed by atoms with Crippen LogP contribution in [0.3, 0.4) is 0 Å². The number of aliphatic hydroxyl groups excluding tert-OH is 7. The molecule has 0 aromatic heterocycles. The van der Waals surface area contributed by atoms with E-state index >= 15 is 0 Å². The second-order valence-corrected chi connectivity index (χ2v) is 52.0. The largest absolute Gasteiger partial charge is 0.396 e. The molecule has 39 unspecified atom stereocenters. The molecule has 0 spiro atoms. The average Bonchev–Trinajstić information content (AvgIpc) is 1.39. The zero-order chi connectivity index (χ0) is 88.1. The first-order valence-corrected chi connectivity index (χ1v) is 53.5. The van der Waals surface area contributed by atoms with Crippen molar-refractivity contribution < 1.29 is 50.1 Å². The van der Waals surface area contributed by atoms with Crippen molar-refractivity contribution in [3.63, 3.8) is 0 Å². The van der Waals surface area contributed by atoms with Crippen LogP contribution in [0.25, 0.3) is 0 Å². The van der Waals surface area contributed by atoms with Crippen molar-refractivity contribution in [1.82, 2.24) is 0 Å². The molecule has 0 aromatic rings. The number of rotatable bonds is 11. The maximum absolute atomic E-state index is 12.8. The fourth-order valence-electron chi connectivity index (χ4n) is 39.9. The van der Waals surface area contributed by atoms with Gasteiger partial charge in [-0.3, -0.25) is 14.4 Å². The average molecular weight is 1740 g/mol. The molecule has 0 radical (unpaired) electrons. The van der Waals surface area contributed by atoms with Crippen LogP contribution in [0.1, 0.15) is 374 Å². The van der Waals surface area contributed by atoms with E-state index in [1.807, 2.05) is 27.7 Å². The highest BCUT2D eigenvalue weighted by molar-refractivity contribution is 6.46. The number of alkyl halides is 2. The Kier molecular flexibility index (Phi) is 27.5. The van der Waals surface area contributed by atoms with E-state index < -0.39 is 10.3 Å². The Hall–Kier alpha value is -1.47. The molecule has 0 heterocycles. The summed E-state index contributed by atoms with van der Waals surface area (Å²) >= 11 is 13.0. The Bertz CT molecular complexity index is 3860. The zero-order valence-electron chi connectivity index (χ0n) is 80.3. The Morgan fingerprint density at radius 2 is 0.634 bits per heavy atom. The molecule has 0 aromatic carbocycles. The van der Waals surface area contributed by atoms with Gasteiger partial charge in [-0.25, -0.2) is 0 Å². The fourth-order valence-corrected chi connectivity index (χ4v) is 40.9. The zero-order valence-corrected chi connectivity index (χ0v) is 81.8. The molecule has 12 heteroatoms. The number of hydrogen-bond donors (Lipinski definition) is 7. The summed E-state index contributed by atoms with van der Waals surface area (Å²) in [5, 5.41) is 68.6. The smallest absolute Gasteiger partial charge is 0.139 e.